The fourth-order valence-corrected chi connectivity index (χ4v) is 10.9. The summed E-state index contributed by atoms with van der Waals surface area (Å²) < 4.78 is 0. The van der Waals surface area contributed by atoms with E-state index in [0.29, 0.717) is 35.8 Å². The van der Waals surface area contributed by atoms with E-state index in [-0.39, 0.29) is 17.9 Å². The van der Waals surface area contributed by atoms with Gasteiger partial charge in [-0.3, -0.25) is 9.59 Å². The molecule has 4 heterocycles. The third kappa shape index (κ3) is 9.21. The van der Waals surface area contributed by atoms with Crippen LogP contribution in [0, 0.1) is 17.8 Å². The number of benzene rings is 2. The Morgan fingerprint density at radius 2 is 1.27 bits per heavy atom. The zero-order chi connectivity index (χ0) is 40.9. The topological polar surface area (TPSA) is 114 Å². The Kier molecular flexibility index (Phi) is 13.3. The summed E-state index contributed by atoms with van der Waals surface area (Å²) in [5.74, 6) is 2.95. The van der Waals surface area contributed by atoms with Crippen molar-refractivity contribution in [1.29, 1.82) is 0 Å². The monoisotopic (exact) mass is 802 g/mol. The molecule has 2 saturated carbocycles. The van der Waals surface area contributed by atoms with Crippen LogP contribution in [0.4, 0.5) is 5.95 Å². The van der Waals surface area contributed by atoms with Crippen LogP contribution in [-0.2, 0) is 9.59 Å². The number of amides is 2. The molecular formula is C48H67N9O2. The molecule has 0 unspecified atom stereocenters. The molecule has 4 fully saturated rings. The van der Waals surface area contributed by atoms with Crippen LogP contribution in [-0.4, -0.2) is 116 Å². The van der Waals surface area contributed by atoms with Gasteiger partial charge in [0.2, 0.25) is 17.8 Å². The molecule has 11 heteroatoms. The highest BCUT2D eigenvalue weighted by atomic mass is 16.2. The summed E-state index contributed by atoms with van der Waals surface area (Å²) in [5, 5.41) is 5.74. The van der Waals surface area contributed by atoms with E-state index in [2.05, 4.69) is 104 Å². The number of hydrogen-bond donors (Lipinski definition) is 2. The second-order valence-electron chi connectivity index (χ2n) is 17.7. The van der Waals surface area contributed by atoms with Crippen molar-refractivity contribution in [2.75, 3.05) is 57.7 Å². The number of H-pyrrole nitrogens is 1. The minimum Gasteiger partial charge on any atom is -0.354 e. The quantitative estimate of drug-likeness (QED) is 0.131. The SMILES string of the molecule is CCN(CC)C1CCC(C(=O)N2CC[C@H](CNc3ncc(-c4ccc5cc(-c6cnc([C@@H]7CCCN7C(=O)C7CCC(N(CC)CC)CC7)[nH]6)ccc5c4)cn3)C2)CC1. The summed E-state index contributed by atoms with van der Waals surface area (Å²) in [4.78, 5) is 54.3. The molecule has 4 aromatic rings. The van der Waals surface area contributed by atoms with Crippen LogP contribution in [0.1, 0.15) is 110 Å². The summed E-state index contributed by atoms with van der Waals surface area (Å²) in [7, 11) is 0. The van der Waals surface area contributed by atoms with Gasteiger partial charge in [0.1, 0.15) is 5.82 Å². The van der Waals surface area contributed by atoms with Crippen LogP contribution in [0.5, 0.6) is 0 Å². The summed E-state index contributed by atoms with van der Waals surface area (Å²) in [6.07, 6.45) is 17.2. The minimum atomic E-state index is 0.0185. The van der Waals surface area contributed by atoms with Gasteiger partial charge in [0.05, 0.1) is 17.9 Å². The second-order valence-corrected chi connectivity index (χ2v) is 17.7. The number of likely N-dealkylation sites (tertiary alicyclic amines) is 2. The number of fused-ring (bicyclic) bond motifs is 1. The van der Waals surface area contributed by atoms with Gasteiger partial charge in [-0.2, -0.15) is 0 Å². The Bertz CT molecular complexity index is 2010. The van der Waals surface area contributed by atoms with Crippen LogP contribution in [0.25, 0.3) is 33.2 Å². The van der Waals surface area contributed by atoms with Gasteiger partial charge in [-0.05, 0) is 131 Å². The van der Waals surface area contributed by atoms with E-state index in [4.69, 9.17) is 4.98 Å². The maximum absolute atomic E-state index is 13.8. The number of carbonyl (C=O) groups is 2. The van der Waals surface area contributed by atoms with Gasteiger partial charge in [0.25, 0.3) is 0 Å². The molecule has 2 N–H and O–H groups in total. The molecule has 2 aliphatic carbocycles. The first kappa shape index (κ1) is 41.4. The van der Waals surface area contributed by atoms with Crippen molar-refractivity contribution in [3.05, 3.63) is 60.8 Å². The van der Waals surface area contributed by atoms with Crippen LogP contribution >= 0.6 is 0 Å². The van der Waals surface area contributed by atoms with Crippen LogP contribution in [0.15, 0.2) is 55.0 Å². The van der Waals surface area contributed by atoms with Crippen molar-refractivity contribution < 1.29 is 9.59 Å². The Labute approximate surface area is 351 Å². The van der Waals surface area contributed by atoms with E-state index in [1.165, 1.54) is 0 Å². The number of nitrogens with zero attached hydrogens (tertiary/aromatic N) is 7. The minimum absolute atomic E-state index is 0.0185. The van der Waals surface area contributed by atoms with Crippen molar-refractivity contribution in [2.24, 2.45) is 17.8 Å². The van der Waals surface area contributed by atoms with Crippen molar-refractivity contribution >= 4 is 28.5 Å². The largest absolute Gasteiger partial charge is 0.354 e. The van der Waals surface area contributed by atoms with Gasteiger partial charge in [0.15, 0.2) is 0 Å². The van der Waals surface area contributed by atoms with Gasteiger partial charge in [0, 0.05) is 73.6 Å². The maximum atomic E-state index is 13.8. The van der Waals surface area contributed by atoms with Crippen molar-refractivity contribution in [3.8, 4) is 22.4 Å². The third-order valence-electron chi connectivity index (χ3n) is 14.5. The molecule has 2 saturated heterocycles. The lowest BCUT2D eigenvalue weighted by atomic mass is 9.84. The van der Waals surface area contributed by atoms with E-state index < -0.39 is 0 Å². The summed E-state index contributed by atoms with van der Waals surface area (Å²) in [6, 6.07) is 14.3. The molecule has 0 spiro atoms. The second kappa shape index (κ2) is 18.9. The Morgan fingerprint density at radius 1 is 0.678 bits per heavy atom. The number of hydrogen-bond acceptors (Lipinski definition) is 8. The summed E-state index contributed by atoms with van der Waals surface area (Å²) in [5.41, 5.74) is 4.11. The Balaban J connectivity index is 0.828. The number of aromatic nitrogens is 4. The van der Waals surface area contributed by atoms with E-state index in [9.17, 15) is 9.59 Å². The molecule has 0 radical (unpaired) electrons. The zero-order valence-electron chi connectivity index (χ0n) is 36.0. The van der Waals surface area contributed by atoms with Crippen molar-refractivity contribution in [3.63, 3.8) is 0 Å². The number of aromatic amines is 1. The first-order valence-corrected chi connectivity index (χ1v) is 23.1. The average molecular weight is 802 g/mol. The van der Waals surface area contributed by atoms with Gasteiger partial charge in [-0.25, -0.2) is 15.0 Å². The number of rotatable bonds is 14. The molecule has 8 rings (SSSR count). The third-order valence-corrected chi connectivity index (χ3v) is 14.5. The number of anilines is 1. The number of nitrogens with one attached hydrogen (secondary N) is 2. The van der Waals surface area contributed by atoms with Crippen LogP contribution in [0.2, 0.25) is 0 Å². The normalized spacial score (nSPS) is 25.1. The van der Waals surface area contributed by atoms with E-state index in [1.54, 1.807) is 0 Å². The predicted octanol–water partition coefficient (Wildman–Crippen LogP) is 8.41. The van der Waals surface area contributed by atoms with E-state index in [1.807, 2.05) is 18.6 Å². The maximum Gasteiger partial charge on any atom is 0.226 e. The highest BCUT2D eigenvalue weighted by molar-refractivity contribution is 5.90. The van der Waals surface area contributed by atoms with E-state index in [0.717, 1.165) is 162 Å². The molecule has 2 atom stereocenters. The lowest BCUT2D eigenvalue weighted by Gasteiger charge is -2.37. The number of imidazole rings is 1. The van der Waals surface area contributed by atoms with Crippen molar-refractivity contribution in [2.45, 2.75) is 116 Å². The van der Waals surface area contributed by atoms with Gasteiger partial charge >= 0.3 is 0 Å². The molecule has 0 bridgehead atoms. The van der Waals surface area contributed by atoms with Crippen LogP contribution in [0.3, 0.4) is 0 Å². The lowest BCUT2D eigenvalue weighted by Crippen LogP contribution is -2.42. The molecule has 2 amide bonds. The Hall–Kier alpha value is -4.35. The first-order valence-electron chi connectivity index (χ1n) is 23.1. The lowest BCUT2D eigenvalue weighted by molar-refractivity contribution is -0.138. The number of carbonyl (C=O) groups excluding carboxylic acids is 2. The first-order chi connectivity index (χ1) is 28.8. The zero-order valence-corrected chi connectivity index (χ0v) is 36.0. The van der Waals surface area contributed by atoms with Crippen LogP contribution < -0.4 is 5.32 Å². The average Bonchev–Trinajstić information content (AvgIpc) is 4.09. The van der Waals surface area contributed by atoms with Gasteiger partial charge in [-0.1, -0.05) is 52.0 Å². The smallest absolute Gasteiger partial charge is 0.226 e. The molecule has 316 valence electrons. The van der Waals surface area contributed by atoms with Crippen molar-refractivity contribution in [1.82, 2.24) is 39.5 Å². The Morgan fingerprint density at radius 3 is 1.90 bits per heavy atom. The fraction of sp³-hybridized carbons (Fsp3) is 0.604. The molecule has 2 aliphatic heterocycles. The highest BCUT2D eigenvalue weighted by Crippen LogP contribution is 2.37. The fourth-order valence-electron chi connectivity index (χ4n) is 10.9. The molecule has 2 aromatic heterocycles. The molecule has 11 nitrogen and oxygen atoms in total. The van der Waals surface area contributed by atoms with Gasteiger partial charge < -0.3 is 29.9 Å². The predicted molar refractivity (Wildman–Crippen MR) is 237 cm³/mol. The standard InChI is InChI=1S/C48H67N9O2/c1-5-54(6-2)41-19-15-34(16-20-41)46(58)56-25-23-33(32-56)28-50-48-51-29-40(30-52-48)38-12-11-37-27-39(14-13-36(37)26-38)43-31-49-45(53-43)44-10-9-24-57(44)47(59)35-17-21-42(22-18-35)55(7-3)8-4/h11-14,26-27,29-31,33-35,41-42,44H,5-10,15-25,28,32H2,1-4H3,(H,49,53)(H,50,51,52)/t33-,34?,35?,41?,42?,44+/m1/s1. The molecule has 4 aliphatic rings. The van der Waals surface area contributed by atoms with Gasteiger partial charge in [-0.15, -0.1) is 0 Å². The highest BCUT2D eigenvalue weighted by Gasteiger charge is 2.38. The summed E-state index contributed by atoms with van der Waals surface area (Å²) in [6.45, 7) is 16.6. The summed E-state index contributed by atoms with van der Waals surface area (Å²) >= 11 is 0. The molecule has 2 aromatic carbocycles. The molecule has 59 heavy (non-hydrogen) atoms. The van der Waals surface area contributed by atoms with E-state index >= 15 is 0 Å². The molecular weight excluding hydrogens is 735 g/mol.